The van der Waals surface area contributed by atoms with Crippen LogP contribution in [0, 0.1) is 0 Å². The van der Waals surface area contributed by atoms with Crippen LogP contribution in [0.15, 0.2) is 36.7 Å². The highest BCUT2D eigenvalue weighted by atomic mass is 16.5. The van der Waals surface area contributed by atoms with Crippen molar-refractivity contribution in [3.63, 3.8) is 0 Å². The highest BCUT2D eigenvalue weighted by Gasteiger charge is 2.17. The van der Waals surface area contributed by atoms with E-state index < -0.39 is 0 Å². The first-order valence-corrected chi connectivity index (χ1v) is 9.44. The van der Waals surface area contributed by atoms with E-state index in [-0.39, 0.29) is 17.9 Å². The van der Waals surface area contributed by atoms with E-state index in [2.05, 4.69) is 15.6 Å². The van der Waals surface area contributed by atoms with Crippen molar-refractivity contribution in [2.24, 2.45) is 0 Å². The SMILES string of the molecule is COc1ccc(CNC(=O)c2cncc(C(=O)NCC3CCCO3)c2)cc1OC. The maximum atomic E-state index is 12.5. The molecule has 0 aliphatic carbocycles. The number of aromatic nitrogens is 1. The molecule has 0 saturated carbocycles. The zero-order valence-corrected chi connectivity index (χ0v) is 16.6. The molecule has 8 heteroatoms. The number of methoxy groups -OCH3 is 2. The summed E-state index contributed by atoms with van der Waals surface area (Å²) in [7, 11) is 3.12. The van der Waals surface area contributed by atoms with Crippen molar-refractivity contribution in [2.75, 3.05) is 27.4 Å². The lowest BCUT2D eigenvalue weighted by Gasteiger charge is -2.12. The number of ether oxygens (including phenoxy) is 3. The monoisotopic (exact) mass is 399 g/mol. The molecule has 1 atom stereocenters. The summed E-state index contributed by atoms with van der Waals surface area (Å²) in [6, 6.07) is 6.95. The summed E-state index contributed by atoms with van der Waals surface area (Å²) in [6.07, 6.45) is 4.88. The second kappa shape index (κ2) is 9.88. The predicted molar refractivity (Wildman–Crippen MR) is 106 cm³/mol. The van der Waals surface area contributed by atoms with Gasteiger partial charge in [0.05, 0.1) is 31.5 Å². The fourth-order valence-corrected chi connectivity index (χ4v) is 3.08. The number of nitrogens with one attached hydrogen (secondary N) is 2. The van der Waals surface area contributed by atoms with Crippen molar-refractivity contribution in [3.05, 3.63) is 53.3 Å². The van der Waals surface area contributed by atoms with E-state index in [1.54, 1.807) is 26.4 Å². The first-order chi connectivity index (χ1) is 14.1. The molecule has 1 fully saturated rings. The Balaban J connectivity index is 1.58. The Kier molecular flexibility index (Phi) is 7.02. The number of amides is 2. The normalized spacial score (nSPS) is 15.6. The molecular weight excluding hydrogens is 374 g/mol. The van der Waals surface area contributed by atoms with E-state index in [0.717, 1.165) is 25.0 Å². The van der Waals surface area contributed by atoms with E-state index in [1.165, 1.54) is 18.5 Å². The minimum Gasteiger partial charge on any atom is -0.493 e. The third kappa shape index (κ3) is 5.45. The number of carbonyl (C=O) groups is 2. The first-order valence-electron chi connectivity index (χ1n) is 9.44. The number of hydrogen-bond donors (Lipinski definition) is 2. The summed E-state index contributed by atoms with van der Waals surface area (Å²) in [4.78, 5) is 28.8. The number of hydrogen-bond acceptors (Lipinski definition) is 6. The average molecular weight is 399 g/mol. The van der Waals surface area contributed by atoms with E-state index in [1.807, 2.05) is 6.07 Å². The molecular formula is C21H25N3O5. The Bertz CT molecular complexity index is 865. The highest BCUT2D eigenvalue weighted by Crippen LogP contribution is 2.27. The topological polar surface area (TPSA) is 98.8 Å². The quantitative estimate of drug-likeness (QED) is 0.704. The second-order valence-corrected chi connectivity index (χ2v) is 6.68. The zero-order valence-electron chi connectivity index (χ0n) is 16.6. The minimum absolute atomic E-state index is 0.0554. The van der Waals surface area contributed by atoms with Crippen LogP contribution < -0.4 is 20.1 Å². The van der Waals surface area contributed by atoms with Gasteiger partial charge in [-0.1, -0.05) is 6.07 Å². The van der Waals surface area contributed by atoms with Gasteiger partial charge in [0.1, 0.15) is 0 Å². The van der Waals surface area contributed by atoms with E-state index >= 15 is 0 Å². The zero-order chi connectivity index (χ0) is 20.6. The lowest BCUT2D eigenvalue weighted by molar-refractivity contribution is 0.0857. The van der Waals surface area contributed by atoms with Gasteiger partial charge in [-0.25, -0.2) is 0 Å². The smallest absolute Gasteiger partial charge is 0.253 e. The van der Waals surface area contributed by atoms with Crippen LogP contribution in [-0.4, -0.2) is 50.3 Å². The fraction of sp³-hybridized carbons (Fsp3) is 0.381. The average Bonchev–Trinajstić information content (AvgIpc) is 3.29. The van der Waals surface area contributed by atoms with E-state index in [0.29, 0.717) is 35.7 Å². The Labute approximate surface area is 169 Å². The molecule has 1 aliphatic rings. The molecule has 2 N–H and O–H groups in total. The molecule has 29 heavy (non-hydrogen) atoms. The Morgan fingerprint density at radius 2 is 1.79 bits per heavy atom. The number of nitrogens with zero attached hydrogens (tertiary/aromatic N) is 1. The number of carbonyl (C=O) groups excluding carboxylic acids is 2. The highest BCUT2D eigenvalue weighted by molar-refractivity contribution is 5.99. The van der Waals surface area contributed by atoms with Gasteiger partial charge in [-0.15, -0.1) is 0 Å². The number of benzene rings is 1. The molecule has 8 nitrogen and oxygen atoms in total. The summed E-state index contributed by atoms with van der Waals surface area (Å²) in [5.74, 6) is 0.614. The molecule has 1 unspecified atom stereocenters. The molecule has 3 rings (SSSR count). The maximum Gasteiger partial charge on any atom is 0.253 e. The van der Waals surface area contributed by atoms with Gasteiger partial charge in [0.15, 0.2) is 11.5 Å². The molecule has 1 aliphatic heterocycles. The van der Waals surface area contributed by atoms with Gasteiger partial charge >= 0.3 is 0 Å². The van der Waals surface area contributed by atoms with Crippen molar-refractivity contribution in [2.45, 2.75) is 25.5 Å². The van der Waals surface area contributed by atoms with Crippen LogP contribution in [0.2, 0.25) is 0 Å². The maximum absolute atomic E-state index is 12.5. The molecule has 2 amide bonds. The molecule has 1 aromatic heterocycles. The summed E-state index contributed by atoms with van der Waals surface area (Å²) in [5, 5.41) is 5.65. The number of pyridine rings is 1. The van der Waals surface area contributed by atoms with Crippen LogP contribution >= 0.6 is 0 Å². The summed E-state index contributed by atoms with van der Waals surface area (Å²) in [6.45, 7) is 1.49. The molecule has 1 aromatic carbocycles. The predicted octanol–water partition coefficient (Wildman–Crippen LogP) is 1.94. The van der Waals surface area contributed by atoms with Crippen molar-refractivity contribution >= 4 is 11.8 Å². The third-order valence-corrected chi connectivity index (χ3v) is 4.68. The Morgan fingerprint density at radius 3 is 2.45 bits per heavy atom. The van der Waals surface area contributed by atoms with Crippen LogP contribution in [0.25, 0.3) is 0 Å². The molecule has 2 aromatic rings. The van der Waals surface area contributed by atoms with Crippen LogP contribution in [0.1, 0.15) is 39.1 Å². The van der Waals surface area contributed by atoms with Crippen LogP contribution in [-0.2, 0) is 11.3 Å². The third-order valence-electron chi connectivity index (χ3n) is 4.68. The second-order valence-electron chi connectivity index (χ2n) is 6.68. The van der Waals surface area contributed by atoms with E-state index in [9.17, 15) is 9.59 Å². The summed E-state index contributed by atoms with van der Waals surface area (Å²) >= 11 is 0. The van der Waals surface area contributed by atoms with Crippen molar-refractivity contribution in [3.8, 4) is 11.5 Å². The van der Waals surface area contributed by atoms with Gasteiger partial charge in [0.25, 0.3) is 11.8 Å². The first kappa shape index (κ1) is 20.6. The van der Waals surface area contributed by atoms with Crippen molar-refractivity contribution in [1.29, 1.82) is 0 Å². The standard InChI is InChI=1S/C21H25N3O5/c1-27-18-6-5-14(8-19(18)28-2)10-23-20(25)15-9-16(12-22-11-15)21(26)24-13-17-4-3-7-29-17/h5-6,8-9,11-12,17H,3-4,7,10,13H2,1-2H3,(H,23,25)(H,24,26). The van der Waals surface area contributed by atoms with Gasteiger partial charge < -0.3 is 24.8 Å². The minimum atomic E-state index is -0.318. The molecule has 1 saturated heterocycles. The van der Waals surface area contributed by atoms with Crippen LogP contribution in [0.4, 0.5) is 0 Å². The number of rotatable bonds is 8. The fourth-order valence-electron chi connectivity index (χ4n) is 3.08. The van der Waals surface area contributed by atoms with Gasteiger partial charge in [-0.05, 0) is 36.6 Å². The largest absolute Gasteiger partial charge is 0.493 e. The molecule has 2 heterocycles. The van der Waals surface area contributed by atoms with Crippen molar-refractivity contribution < 1.29 is 23.8 Å². The Morgan fingerprint density at radius 1 is 1.07 bits per heavy atom. The van der Waals surface area contributed by atoms with Crippen LogP contribution in [0.5, 0.6) is 11.5 Å². The Hall–Kier alpha value is -3.13. The van der Waals surface area contributed by atoms with Crippen LogP contribution in [0.3, 0.4) is 0 Å². The van der Waals surface area contributed by atoms with Gasteiger partial charge in [0.2, 0.25) is 0 Å². The summed E-state index contributed by atoms with van der Waals surface area (Å²) in [5.41, 5.74) is 1.51. The summed E-state index contributed by atoms with van der Waals surface area (Å²) < 4.78 is 16.0. The van der Waals surface area contributed by atoms with Gasteiger partial charge in [0, 0.05) is 32.1 Å². The van der Waals surface area contributed by atoms with Gasteiger partial charge in [-0.3, -0.25) is 14.6 Å². The molecule has 0 bridgehead atoms. The lowest BCUT2D eigenvalue weighted by Crippen LogP contribution is -2.32. The van der Waals surface area contributed by atoms with E-state index in [4.69, 9.17) is 14.2 Å². The lowest BCUT2D eigenvalue weighted by atomic mass is 10.1. The van der Waals surface area contributed by atoms with Gasteiger partial charge in [-0.2, -0.15) is 0 Å². The molecule has 0 spiro atoms. The van der Waals surface area contributed by atoms with Crippen molar-refractivity contribution in [1.82, 2.24) is 15.6 Å². The molecule has 0 radical (unpaired) electrons. The molecule has 154 valence electrons.